The Labute approximate surface area is 98.5 Å². The van der Waals surface area contributed by atoms with Crippen molar-refractivity contribution in [3.63, 3.8) is 0 Å². The van der Waals surface area contributed by atoms with E-state index in [1.165, 1.54) is 11.1 Å². The highest BCUT2D eigenvalue weighted by Gasteiger charge is 2.09. The van der Waals surface area contributed by atoms with E-state index >= 15 is 0 Å². The average Bonchev–Trinajstić information content (AvgIpc) is 2.26. The predicted molar refractivity (Wildman–Crippen MR) is 68.5 cm³/mol. The third kappa shape index (κ3) is 3.95. The van der Waals surface area contributed by atoms with Crippen LogP contribution in [0.5, 0.6) is 0 Å². The highest BCUT2D eigenvalue weighted by Crippen LogP contribution is 2.15. The van der Waals surface area contributed by atoms with E-state index in [9.17, 15) is 5.11 Å². The molecule has 0 heterocycles. The smallest absolute Gasteiger partial charge is 0.0691 e. The molecule has 0 saturated heterocycles. The lowest BCUT2D eigenvalue weighted by Gasteiger charge is -2.14. The summed E-state index contributed by atoms with van der Waals surface area (Å²) >= 11 is 0. The SMILES string of the molecule is CC(C)c1ccc(CCC(O)C(C)N)cc1. The minimum atomic E-state index is -0.398. The van der Waals surface area contributed by atoms with Crippen LogP contribution >= 0.6 is 0 Å². The van der Waals surface area contributed by atoms with Crippen molar-refractivity contribution in [3.05, 3.63) is 35.4 Å². The van der Waals surface area contributed by atoms with Crippen molar-refractivity contribution < 1.29 is 5.11 Å². The van der Waals surface area contributed by atoms with Crippen LogP contribution < -0.4 is 5.73 Å². The predicted octanol–water partition coefficient (Wildman–Crippen LogP) is 2.45. The Morgan fingerprint density at radius 2 is 1.69 bits per heavy atom. The molecule has 1 aromatic carbocycles. The molecule has 1 aromatic rings. The lowest BCUT2D eigenvalue weighted by Crippen LogP contribution is -2.31. The Hall–Kier alpha value is -0.860. The molecule has 0 bridgehead atoms. The monoisotopic (exact) mass is 221 g/mol. The zero-order valence-electron chi connectivity index (χ0n) is 10.5. The van der Waals surface area contributed by atoms with Crippen molar-refractivity contribution >= 4 is 0 Å². The molecule has 2 atom stereocenters. The van der Waals surface area contributed by atoms with Gasteiger partial charge in [-0.3, -0.25) is 0 Å². The van der Waals surface area contributed by atoms with Crippen molar-refractivity contribution in [2.24, 2.45) is 5.73 Å². The van der Waals surface area contributed by atoms with Gasteiger partial charge in [-0.2, -0.15) is 0 Å². The minimum absolute atomic E-state index is 0.144. The van der Waals surface area contributed by atoms with E-state index in [1.54, 1.807) is 0 Å². The Bertz CT molecular complexity index is 303. The first-order valence-corrected chi connectivity index (χ1v) is 6.03. The Balaban J connectivity index is 2.49. The quantitative estimate of drug-likeness (QED) is 0.802. The van der Waals surface area contributed by atoms with Gasteiger partial charge in [-0.1, -0.05) is 38.1 Å². The average molecular weight is 221 g/mol. The van der Waals surface area contributed by atoms with Crippen molar-refractivity contribution in [2.75, 3.05) is 0 Å². The first-order valence-electron chi connectivity index (χ1n) is 6.03. The van der Waals surface area contributed by atoms with Crippen LogP contribution in [-0.4, -0.2) is 17.3 Å². The molecule has 90 valence electrons. The lowest BCUT2D eigenvalue weighted by molar-refractivity contribution is 0.141. The van der Waals surface area contributed by atoms with E-state index in [0.717, 1.165) is 12.8 Å². The van der Waals surface area contributed by atoms with Crippen molar-refractivity contribution in [3.8, 4) is 0 Å². The Morgan fingerprint density at radius 3 is 2.12 bits per heavy atom. The van der Waals surface area contributed by atoms with Crippen molar-refractivity contribution in [2.45, 2.75) is 51.7 Å². The van der Waals surface area contributed by atoms with E-state index in [4.69, 9.17) is 5.73 Å². The molecule has 0 aliphatic rings. The number of hydrogen-bond acceptors (Lipinski definition) is 2. The third-order valence-corrected chi connectivity index (χ3v) is 2.98. The zero-order chi connectivity index (χ0) is 12.1. The normalized spacial score (nSPS) is 15.1. The fraction of sp³-hybridized carbons (Fsp3) is 0.571. The number of hydrogen-bond donors (Lipinski definition) is 2. The summed E-state index contributed by atoms with van der Waals surface area (Å²) in [4.78, 5) is 0. The van der Waals surface area contributed by atoms with Crippen LogP contribution in [0, 0.1) is 0 Å². The third-order valence-electron chi connectivity index (χ3n) is 2.98. The molecule has 0 fully saturated rings. The van der Waals surface area contributed by atoms with Gasteiger partial charge in [0.2, 0.25) is 0 Å². The standard InChI is InChI=1S/C14H23NO/c1-10(2)13-7-4-12(5-8-13)6-9-14(16)11(3)15/h4-5,7-8,10-11,14,16H,6,9,15H2,1-3H3. The number of aliphatic hydroxyl groups is 1. The largest absolute Gasteiger partial charge is 0.392 e. The van der Waals surface area contributed by atoms with Gasteiger partial charge in [0, 0.05) is 6.04 Å². The molecule has 16 heavy (non-hydrogen) atoms. The van der Waals surface area contributed by atoms with Crippen LogP contribution in [0.4, 0.5) is 0 Å². The van der Waals surface area contributed by atoms with E-state index in [0.29, 0.717) is 5.92 Å². The van der Waals surface area contributed by atoms with Gasteiger partial charge in [0.05, 0.1) is 6.10 Å². The van der Waals surface area contributed by atoms with E-state index in [2.05, 4.69) is 38.1 Å². The molecule has 1 rings (SSSR count). The number of benzene rings is 1. The molecular formula is C14H23NO. The molecule has 0 spiro atoms. The number of aryl methyl sites for hydroxylation is 1. The van der Waals surface area contributed by atoms with Gasteiger partial charge in [0.15, 0.2) is 0 Å². The molecule has 0 amide bonds. The first-order chi connectivity index (χ1) is 7.50. The van der Waals surface area contributed by atoms with Crippen LogP contribution in [-0.2, 0) is 6.42 Å². The molecule has 0 radical (unpaired) electrons. The van der Waals surface area contributed by atoms with E-state index in [1.807, 2.05) is 6.92 Å². The lowest BCUT2D eigenvalue weighted by atomic mass is 9.98. The topological polar surface area (TPSA) is 46.2 Å². The summed E-state index contributed by atoms with van der Waals surface area (Å²) in [6.07, 6.45) is 1.23. The number of aliphatic hydroxyl groups excluding tert-OH is 1. The van der Waals surface area contributed by atoms with Crippen LogP contribution in [0.2, 0.25) is 0 Å². The van der Waals surface area contributed by atoms with Crippen LogP contribution in [0.3, 0.4) is 0 Å². The van der Waals surface area contributed by atoms with E-state index < -0.39 is 6.10 Å². The second-order valence-corrected chi connectivity index (χ2v) is 4.86. The summed E-state index contributed by atoms with van der Waals surface area (Å²) < 4.78 is 0. The van der Waals surface area contributed by atoms with Gasteiger partial charge < -0.3 is 10.8 Å². The van der Waals surface area contributed by atoms with Crippen LogP contribution in [0.25, 0.3) is 0 Å². The number of rotatable bonds is 5. The van der Waals surface area contributed by atoms with Gasteiger partial charge in [0.25, 0.3) is 0 Å². The Morgan fingerprint density at radius 1 is 1.12 bits per heavy atom. The Kier molecular flexibility index (Phi) is 4.97. The molecule has 0 aromatic heterocycles. The molecule has 3 N–H and O–H groups in total. The van der Waals surface area contributed by atoms with Crippen LogP contribution in [0.15, 0.2) is 24.3 Å². The zero-order valence-corrected chi connectivity index (χ0v) is 10.5. The molecule has 0 aliphatic carbocycles. The molecule has 2 heteroatoms. The van der Waals surface area contributed by atoms with Gasteiger partial charge in [-0.05, 0) is 36.8 Å². The summed E-state index contributed by atoms with van der Waals surface area (Å²) in [5, 5.41) is 9.61. The molecule has 0 saturated carbocycles. The molecule has 2 nitrogen and oxygen atoms in total. The second-order valence-electron chi connectivity index (χ2n) is 4.86. The summed E-state index contributed by atoms with van der Waals surface area (Å²) in [6.45, 7) is 6.22. The minimum Gasteiger partial charge on any atom is -0.392 e. The van der Waals surface area contributed by atoms with Gasteiger partial charge in [-0.15, -0.1) is 0 Å². The van der Waals surface area contributed by atoms with Gasteiger partial charge in [0.1, 0.15) is 0 Å². The highest BCUT2D eigenvalue weighted by molar-refractivity contribution is 5.24. The highest BCUT2D eigenvalue weighted by atomic mass is 16.3. The second kappa shape index (κ2) is 6.02. The fourth-order valence-corrected chi connectivity index (χ4v) is 1.65. The van der Waals surface area contributed by atoms with Crippen molar-refractivity contribution in [1.29, 1.82) is 0 Å². The van der Waals surface area contributed by atoms with Gasteiger partial charge in [-0.25, -0.2) is 0 Å². The molecular weight excluding hydrogens is 198 g/mol. The summed E-state index contributed by atoms with van der Waals surface area (Å²) in [7, 11) is 0. The van der Waals surface area contributed by atoms with Crippen LogP contribution in [0.1, 0.15) is 44.2 Å². The summed E-state index contributed by atoms with van der Waals surface area (Å²) in [5.41, 5.74) is 8.24. The maximum atomic E-state index is 9.61. The first kappa shape index (κ1) is 13.2. The summed E-state index contributed by atoms with van der Waals surface area (Å²) in [6, 6.07) is 8.47. The van der Waals surface area contributed by atoms with Crippen molar-refractivity contribution in [1.82, 2.24) is 0 Å². The van der Waals surface area contributed by atoms with E-state index in [-0.39, 0.29) is 6.04 Å². The number of nitrogens with two attached hydrogens (primary N) is 1. The maximum Gasteiger partial charge on any atom is 0.0691 e. The maximum absolute atomic E-state index is 9.61. The molecule has 0 aliphatic heterocycles. The summed E-state index contributed by atoms with van der Waals surface area (Å²) in [5.74, 6) is 0.573. The molecule has 2 unspecified atom stereocenters. The fourth-order valence-electron chi connectivity index (χ4n) is 1.65. The van der Waals surface area contributed by atoms with Gasteiger partial charge >= 0.3 is 0 Å².